The fourth-order valence-corrected chi connectivity index (χ4v) is 10.6. The number of aliphatic hydroxyl groups excluding tert-OH is 1. The molecule has 0 bridgehead atoms. The lowest BCUT2D eigenvalue weighted by Crippen LogP contribution is -2.56. The molecular weight excluding hydrogens is 877 g/mol. The van der Waals surface area contributed by atoms with Gasteiger partial charge in [0.2, 0.25) is 27.8 Å². The molecule has 0 saturated heterocycles. The molecule has 0 spiro atoms. The zero-order valence-electron chi connectivity index (χ0n) is 35.8. The number of carbonyl (C=O) groups is 2. The standard InChI is InChI=1S/C45H52N8O8S3/c1-29-24-39(61-4)30(2)31(3)41(29)64(59,60)53-45(47)49-21-11-16-36(40(54)44-48-22-23-62-44)50-42(55)37(25-33-17-19-34(27-46)20-18-33)51-43(56)38(26-32-12-7-5-8-13-32)52-63(57,58)28-35-14-9-6-10-15-35/h5-10,12-15,17-20,22-24,36-38,40,52,54H,11,16,21,25-26,28H2,1-4H3,(H,50,55)(H,51,56)(H3,47,49,53)/t36-,37-,38+,40?/m0/s1. The van der Waals surface area contributed by atoms with E-state index in [4.69, 9.17) is 10.5 Å². The number of nitrogens with zero attached hydrogens (tertiary/aromatic N) is 3. The summed E-state index contributed by atoms with van der Waals surface area (Å²) in [5.41, 5.74) is 9.82. The first-order valence-electron chi connectivity index (χ1n) is 20.2. The number of aryl methyl sites for hydroxylation is 1. The van der Waals surface area contributed by atoms with E-state index < -0.39 is 56.1 Å². The topological polar surface area (TPSA) is 255 Å². The highest BCUT2D eigenvalue weighted by atomic mass is 32.2. The summed E-state index contributed by atoms with van der Waals surface area (Å²) in [4.78, 5) is 37.1. The van der Waals surface area contributed by atoms with Crippen molar-refractivity contribution in [1.29, 1.82) is 5.26 Å². The average Bonchev–Trinajstić information content (AvgIpc) is 3.81. The predicted octanol–water partition coefficient (Wildman–Crippen LogP) is 4.00. The van der Waals surface area contributed by atoms with Crippen molar-refractivity contribution in [3.8, 4) is 11.8 Å². The number of guanidine groups is 1. The number of rotatable bonds is 21. The van der Waals surface area contributed by atoms with Gasteiger partial charge in [0, 0.05) is 24.5 Å². The Bertz CT molecular complexity index is 2660. The second-order valence-electron chi connectivity index (χ2n) is 15.1. The third-order valence-electron chi connectivity index (χ3n) is 10.4. The van der Waals surface area contributed by atoms with Gasteiger partial charge in [0.25, 0.3) is 10.0 Å². The van der Waals surface area contributed by atoms with E-state index >= 15 is 0 Å². The minimum atomic E-state index is -4.13. The normalized spacial score (nSPS) is 13.8. The maximum Gasteiger partial charge on any atom is 0.264 e. The van der Waals surface area contributed by atoms with Crippen molar-refractivity contribution in [1.82, 2.24) is 25.1 Å². The third-order valence-corrected chi connectivity index (χ3v) is 14.2. The van der Waals surface area contributed by atoms with Gasteiger partial charge in [0.05, 0.1) is 35.4 Å². The number of aliphatic imine (C=N–C) groups is 1. The number of aromatic nitrogens is 1. The lowest BCUT2D eigenvalue weighted by molar-refractivity contribution is -0.130. The van der Waals surface area contributed by atoms with Crippen molar-refractivity contribution in [2.24, 2.45) is 10.7 Å². The highest BCUT2D eigenvalue weighted by Gasteiger charge is 2.32. The van der Waals surface area contributed by atoms with E-state index in [1.807, 2.05) is 6.07 Å². The maximum absolute atomic E-state index is 14.4. The van der Waals surface area contributed by atoms with E-state index in [0.717, 1.165) is 0 Å². The molecule has 16 nitrogen and oxygen atoms in total. The number of ether oxygens (including phenoxy) is 1. The van der Waals surface area contributed by atoms with Gasteiger partial charge < -0.3 is 26.2 Å². The molecule has 5 aromatic rings. The Morgan fingerprint density at radius 1 is 0.875 bits per heavy atom. The number of benzene rings is 4. The summed E-state index contributed by atoms with van der Waals surface area (Å²) in [5.74, 6) is -1.66. The monoisotopic (exact) mass is 928 g/mol. The van der Waals surface area contributed by atoms with Crippen molar-refractivity contribution >= 4 is 49.2 Å². The summed E-state index contributed by atoms with van der Waals surface area (Å²) < 4.78 is 64.1. The molecule has 1 heterocycles. The molecule has 2 amide bonds. The number of thiazole rings is 1. The number of hydrogen-bond acceptors (Lipinski definition) is 12. The number of amides is 2. The first kappa shape index (κ1) is 48.9. The largest absolute Gasteiger partial charge is 0.496 e. The van der Waals surface area contributed by atoms with Crippen molar-refractivity contribution in [3.05, 3.63) is 147 Å². The molecule has 1 aromatic heterocycles. The second kappa shape index (κ2) is 22.4. The Hall–Kier alpha value is -6.17. The van der Waals surface area contributed by atoms with Gasteiger partial charge in [-0.15, -0.1) is 11.3 Å². The Labute approximate surface area is 378 Å². The number of nitrogens with two attached hydrogens (primary N) is 1. The van der Waals surface area contributed by atoms with Crippen LogP contribution in [0.4, 0.5) is 0 Å². The van der Waals surface area contributed by atoms with Crippen LogP contribution in [0.15, 0.2) is 112 Å². The van der Waals surface area contributed by atoms with Gasteiger partial charge in [-0.2, -0.15) is 5.26 Å². The van der Waals surface area contributed by atoms with E-state index in [-0.39, 0.29) is 48.8 Å². The van der Waals surface area contributed by atoms with Crippen LogP contribution in [-0.2, 0) is 48.2 Å². The molecule has 338 valence electrons. The molecule has 0 aliphatic heterocycles. The number of nitriles is 1. The molecule has 19 heteroatoms. The SMILES string of the molecule is COc1cc(C)c(S(=O)(=O)NC(N)=NCCC[C@H](NC(=O)[C@H](Cc2ccc(C#N)cc2)NC(=O)[C@@H](Cc2ccccc2)NS(=O)(=O)Cc2ccccc2)C(O)c2nccs2)c(C)c1C. The van der Waals surface area contributed by atoms with Gasteiger partial charge in [-0.1, -0.05) is 72.8 Å². The lowest BCUT2D eigenvalue weighted by atomic mass is 10.0. The highest BCUT2D eigenvalue weighted by Crippen LogP contribution is 2.30. The van der Waals surface area contributed by atoms with Crippen LogP contribution in [0.1, 0.15) is 62.9 Å². The van der Waals surface area contributed by atoms with E-state index in [9.17, 15) is 36.8 Å². The average molecular weight is 929 g/mol. The summed E-state index contributed by atoms with van der Waals surface area (Å²) in [6.45, 7) is 5.08. The maximum atomic E-state index is 14.4. The molecule has 1 unspecified atom stereocenters. The molecule has 0 aliphatic carbocycles. The summed E-state index contributed by atoms with van der Waals surface area (Å²) >= 11 is 1.17. The van der Waals surface area contributed by atoms with Gasteiger partial charge in [-0.25, -0.2) is 31.3 Å². The van der Waals surface area contributed by atoms with Crippen molar-refractivity contribution in [2.75, 3.05) is 13.7 Å². The van der Waals surface area contributed by atoms with Crippen molar-refractivity contribution < 1.29 is 36.3 Å². The minimum Gasteiger partial charge on any atom is -0.496 e. The number of aliphatic hydroxyl groups is 1. The van der Waals surface area contributed by atoms with E-state index in [1.165, 1.54) is 24.6 Å². The third kappa shape index (κ3) is 13.7. The summed E-state index contributed by atoms with van der Waals surface area (Å²) in [5, 5.41) is 28.5. The zero-order chi connectivity index (χ0) is 46.4. The first-order valence-corrected chi connectivity index (χ1v) is 24.2. The van der Waals surface area contributed by atoms with Gasteiger partial charge in [-0.05, 0) is 91.6 Å². The van der Waals surface area contributed by atoms with E-state index in [0.29, 0.717) is 49.7 Å². The zero-order valence-corrected chi connectivity index (χ0v) is 38.3. The number of methoxy groups -OCH3 is 1. The van der Waals surface area contributed by atoms with Crippen LogP contribution in [0.5, 0.6) is 5.75 Å². The number of carbonyl (C=O) groups excluding carboxylic acids is 2. The number of nitrogens with one attached hydrogen (secondary N) is 4. The van der Waals surface area contributed by atoms with Crippen molar-refractivity contribution in [3.63, 3.8) is 0 Å². The fourth-order valence-electron chi connectivity index (χ4n) is 7.05. The van der Waals surface area contributed by atoms with Crippen LogP contribution in [0, 0.1) is 32.1 Å². The molecule has 0 saturated carbocycles. The highest BCUT2D eigenvalue weighted by molar-refractivity contribution is 7.90. The van der Waals surface area contributed by atoms with Gasteiger partial charge in [-0.3, -0.25) is 14.6 Å². The first-order chi connectivity index (χ1) is 30.5. The van der Waals surface area contributed by atoms with Crippen molar-refractivity contribution in [2.45, 2.75) is 81.3 Å². The predicted molar refractivity (Wildman–Crippen MR) is 245 cm³/mol. The molecule has 4 atom stereocenters. The van der Waals surface area contributed by atoms with Crippen LogP contribution in [-0.4, -0.2) is 76.5 Å². The lowest BCUT2D eigenvalue weighted by Gasteiger charge is -2.27. The fraction of sp³-hybridized carbons (Fsp3) is 0.311. The number of hydrogen-bond donors (Lipinski definition) is 6. The van der Waals surface area contributed by atoms with Crippen LogP contribution < -0.4 is 30.5 Å². The van der Waals surface area contributed by atoms with Crippen LogP contribution in [0.25, 0.3) is 0 Å². The van der Waals surface area contributed by atoms with E-state index in [2.05, 4.69) is 30.1 Å². The van der Waals surface area contributed by atoms with E-state index in [1.54, 1.807) is 117 Å². The van der Waals surface area contributed by atoms with Gasteiger partial charge >= 0.3 is 0 Å². The van der Waals surface area contributed by atoms with Crippen LogP contribution >= 0.6 is 11.3 Å². The van der Waals surface area contributed by atoms with Gasteiger partial charge in [0.15, 0.2) is 0 Å². The molecule has 7 N–H and O–H groups in total. The molecular formula is C45H52N8O8S3. The summed E-state index contributed by atoms with van der Waals surface area (Å²) in [6, 6.07) is 23.9. The molecule has 64 heavy (non-hydrogen) atoms. The molecule has 4 aromatic carbocycles. The molecule has 0 aliphatic rings. The molecule has 5 rings (SSSR count). The summed E-state index contributed by atoms with van der Waals surface area (Å²) in [7, 11) is -6.70. The minimum absolute atomic E-state index is 0.000609. The Balaban J connectivity index is 1.36. The van der Waals surface area contributed by atoms with Crippen LogP contribution in [0.3, 0.4) is 0 Å². The second-order valence-corrected chi connectivity index (χ2v) is 19.4. The Morgan fingerprint density at radius 3 is 2.09 bits per heavy atom. The number of sulfonamides is 2. The quantitative estimate of drug-likeness (QED) is 0.0349. The molecule has 0 fully saturated rings. The Kier molecular flexibility index (Phi) is 17.1. The summed E-state index contributed by atoms with van der Waals surface area (Å²) in [6.07, 6.45) is 0.438. The Morgan fingerprint density at radius 2 is 1.48 bits per heavy atom. The molecule has 0 radical (unpaired) electrons. The smallest absolute Gasteiger partial charge is 0.264 e. The van der Waals surface area contributed by atoms with Crippen LogP contribution in [0.2, 0.25) is 0 Å². The van der Waals surface area contributed by atoms with Gasteiger partial charge in [0.1, 0.15) is 28.9 Å².